The maximum Gasteiger partial charge on any atom is 0.254 e. The first-order valence-electron chi connectivity index (χ1n) is 8.99. The van der Waals surface area contributed by atoms with Gasteiger partial charge < -0.3 is 15.4 Å². The minimum absolute atomic E-state index is 0.199. The smallest absolute Gasteiger partial charge is 0.254 e. The van der Waals surface area contributed by atoms with Gasteiger partial charge in [-0.1, -0.05) is 24.3 Å². The van der Waals surface area contributed by atoms with Gasteiger partial charge in [-0.2, -0.15) is 0 Å². The summed E-state index contributed by atoms with van der Waals surface area (Å²) < 4.78 is 19.9. The van der Waals surface area contributed by atoms with E-state index in [0.717, 1.165) is 16.7 Å². The molecule has 4 rings (SSSR count). The Labute approximate surface area is 162 Å². The summed E-state index contributed by atoms with van der Waals surface area (Å²) >= 11 is 0. The first-order valence-corrected chi connectivity index (χ1v) is 8.99. The van der Waals surface area contributed by atoms with E-state index in [9.17, 15) is 9.18 Å². The Morgan fingerprint density at radius 2 is 1.96 bits per heavy atom. The number of benzene rings is 2. The molecule has 1 unspecified atom stereocenters. The third-order valence-corrected chi connectivity index (χ3v) is 4.95. The molecule has 142 valence electrons. The van der Waals surface area contributed by atoms with Gasteiger partial charge in [0.15, 0.2) is 11.6 Å². The van der Waals surface area contributed by atoms with E-state index < -0.39 is 11.9 Å². The van der Waals surface area contributed by atoms with Crippen LogP contribution in [-0.2, 0) is 6.54 Å². The van der Waals surface area contributed by atoms with Crippen LogP contribution in [-0.4, -0.2) is 22.8 Å². The highest BCUT2D eigenvalue weighted by atomic mass is 19.1. The van der Waals surface area contributed by atoms with Crippen molar-refractivity contribution < 1.29 is 13.9 Å². The Hall–Kier alpha value is -3.41. The van der Waals surface area contributed by atoms with Crippen molar-refractivity contribution in [2.24, 2.45) is 0 Å². The van der Waals surface area contributed by atoms with E-state index in [0.29, 0.717) is 23.4 Å². The number of nitrogens with zero attached hydrogens (tertiary/aromatic N) is 2. The fraction of sp³-hybridized carbons (Fsp3) is 0.182. The predicted molar refractivity (Wildman–Crippen MR) is 105 cm³/mol. The number of pyridine rings is 1. The molecule has 0 saturated carbocycles. The maximum absolute atomic E-state index is 13.9. The number of anilines is 1. The number of aromatic nitrogens is 1. The number of carbonyl (C=O) groups is 1. The Bertz CT molecular complexity index is 1070. The van der Waals surface area contributed by atoms with E-state index in [1.807, 2.05) is 30.3 Å². The van der Waals surface area contributed by atoms with Crippen molar-refractivity contribution in [2.45, 2.75) is 19.6 Å². The van der Waals surface area contributed by atoms with E-state index in [2.05, 4.69) is 4.98 Å². The summed E-state index contributed by atoms with van der Waals surface area (Å²) in [5.74, 6) is 0.0143. The number of nitrogen functional groups attached to an aromatic ring is 1. The molecule has 1 aliphatic heterocycles. The molecule has 5 nitrogen and oxygen atoms in total. The number of hydrogen-bond acceptors (Lipinski definition) is 4. The minimum Gasteiger partial charge on any atom is -0.482 e. The number of amides is 1. The quantitative estimate of drug-likeness (QED) is 0.638. The van der Waals surface area contributed by atoms with Gasteiger partial charge in [-0.25, -0.2) is 9.37 Å². The van der Waals surface area contributed by atoms with Gasteiger partial charge in [0.1, 0.15) is 11.9 Å². The van der Waals surface area contributed by atoms with Gasteiger partial charge in [0.05, 0.1) is 0 Å². The lowest BCUT2D eigenvalue weighted by Gasteiger charge is -2.25. The summed E-state index contributed by atoms with van der Waals surface area (Å²) in [7, 11) is 1.73. The van der Waals surface area contributed by atoms with Crippen LogP contribution < -0.4 is 10.5 Å². The number of ether oxygens (including phenoxy) is 1. The van der Waals surface area contributed by atoms with Crippen molar-refractivity contribution in [1.29, 1.82) is 0 Å². The fourth-order valence-corrected chi connectivity index (χ4v) is 3.49. The van der Waals surface area contributed by atoms with Crippen LogP contribution in [0.2, 0.25) is 0 Å². The lowest BCUT2D eigenvalue weighted by molar-refractivity contribution is 0.0780. The molecule has 1 aromatic heterocycles. The normalized spacial score (nSPS) is 16.3. The monoisotopic (exact) mass is 377 g/mol. The summed E-state index contributed by atoms with van der Waals surface area (Å²) in [5.41, 5.74) is 9.64. The van der Waals surface area contributed by atoms with Crippen LogP contribution in [0.5, 0.6) is 5.75 Å². The summed E-state index contributed by atoms with van der Waals surface area (Å²) in [5, 5.41) is 0. The lowest BCUT2D eigenvalue weighted by Crippen LogP contribution is -2.28. The van der Waals surface area contributed by atoms with E-state index in [1.54, 1.807) is 25.1 Å². The van der Waals surface area contributed by atoms with Gasteiger partial charge in [-0.3, -0.25) is 4.79 Å². The van der Waals surface area contributed by atoms with Crippen molar-refractivity contribution in [1.82, 2.24) is 9.88 Å². The molecule has 0 saturated heterocycles. The van der Waals surface area contributed by atoms with E-state index >= 15 is 0 Å². The number of halogens is 1. The molecule has 1 atom stereocenters. The zero-order valence-corrected chi connectivity index (χ0v) is 15.6. The van der Waals surface area contributed by atoms with Gasteiger partial charge in [0, 0.05) is 36.5 Å². The highest BCUT2D eigenvalue weighted by Gasteiger charge is 2.23. The summed E-state index contributed by atoms with van der Waals surface area (Å²) in [6.45, 7) is 2.16. The van der Waals surface area contributed by atoms with Crippen molar-refractivity contribution in [3.8, 4) is 16.9 Å². The van der Waals surface area contributed by atoms with E-state index in [4.69, 9.17) is 10.5 Å². The second-order valence-electron chi connectivity index (χ2n) is 6.92. The molecule has 3 aromatic rings. The van der Waals surface area contributed by atoms with Crippen LogP contribution in [0.1, 0.15) is 34.5 Å². The van der Waals surface area contributed by atoms with Crippen LogP contribution in [0.15, 0.2) is 54.7 Å². The second-order valence-corrected chi connectivity index (χ2v) is 6.92. The SMILES string of the molecule is CC1Oc2cc(cnc2N)-c2ccccc2CN(C)C(=O)c2ccc(F)cc21. The number of nitrogens with two attached hydrogens (primary N) is 1. The van der Waals surface area contributed by atoms with Crippen molar-refractivity contribution in [3.63, 3.8) is 0 Å². The van der Waals surface area contributed by atoms with Crippen LogP contribution in [0, 0.1) is 5.82 Å². The molecule has 2 aromatic carbocycles. The molecule has 2 N–H and O–H groups in total. The highest BCUT2D eigenvalue weighted by Crippen LogP contribution is 2.34. The molecular weight excluding hydrogens is 357 g/mol. The van der Waals surface area contributed by atoms with Crippen LogP contribution in [0.4, 0.5) is 10.2 Å². The van der Waals surface area contributed by atoms with Crippen molar-refractivity contribution in [3.05, 3.63) is 77.2 Å². The van der Waals surface area contributed by atoms with E-state index in [1.165, 1.54) is 18.2 Å². The average Bonchev–Trinajstić information content (AvgIpc) is 2.69. The summed E-state index contributed by atoms with van der Waals surface area (Å²) in [6.07, 6.45) is 1.10. The second kappa shape index (κ2) is 6.96. The summed E-state index contributed by atoms with van der Waals surface area (Å²) in [4.78, 5) is 19.0. The summed E-state index contributed by atoms with van der Waals surface area (Å²) in [6, 6.07) is 13.8. The van der Waals surface area contributed by atoms with Gasteiger partial charge in [0.2, 0.25) is 0 Å². The zero-order valence-electron chi connectivity index (χ0n) is 15.6. The Morgan fingerprint density at radius 3 is 2.79 bits per heavy atom. The lowest BCUT2D eigenvalue weighted by atomic mass is 9.98. The molecule has 2 heterocycles. The van der Waals surface area contributed by atoms with Crippen LogP contribution >= 0.6 is 0 Å². The molecule has 28 heavy (non-hydrogen) atoms. The van der Waals surface area contributed by atoms with Crippen molar-refractivity contribution in [2.75, 3.05) is 12.8 Å². The third kappa shape index (κ3) is 3.17. The van der Waals surface area contributed by atoms with Gasteiger partial charge in [0.25, 0.3) is 5.91 Å². The van der Waals surface area contributed by atoms with Gasteiger partial charge >= 0.3 is 0 Å². The number of carbonyl (C=O) groups excluding carboxylic acids is 1. The standard InChI is InChI=1S/C22H20FN3O2/c1-13-19-10-16(23)7-8-18(19)22(27)26(2)12-14-5-3-4-6-17(14)15-9-20(28-13)21(24)25-11-15/h3-11,13H,12H2,1-2H3,(H2,24,25). The van der Waals surface area contributed by atoms with Crippen LogP contribution in [0.25, 0.3) is 11.1 Å². The topological polar surface area (TPSA) is 68.5 Å². The largest absolute Gasteiger partial charge is 0.482 e. The molecular formula is C22H20FN3O2. The average molecular weight is 377 g/mol. The van der Waals surface area contributed by atoms with Crippen LogP contribution in [0.3, 0.4) is 0 Å². The number of rotatable bonds is 0. The molecule has 0 aliphatic carbocycles. The molecule has 0 fully saturated rings. The zero-order chi connectivity index (χ0) is 19.8. The molecule has 1 amide bonds. The predicted octanol–water partition coefficient (Wildman–Crippen LogP) is 4.20. The number of fused-ring (bicyclic) bond motifs is 5. The Kier molecular flexibility index (Phi) is 4.47. The molecule has 6 heteroatoms. The third-order valence-electron chi connectivity index (χ3n) is 4.95. The Morgan fingerprint density at radius 1 is 1.18 bits per heavy atom. The molecule has 2 bridgehead atoms. The Balaban J connectivity index is 1.93. The first kappa shape index (κ1) is 18.0. The molecule has 0 spiro atoms. The van der Waals surface area contributed by atoms with Gasteiger partial charge in [-0.05, 0) is 42.3 Å². The molecule has 0 radical (unpaired) electrons. The van der Waals surface area contributed by atoms with E-state index in [-0.39, 0.29) is 11.7 Å². The first-order chi connectivity index (χ1) is 13.4. The molecule has 1 aliphatic rings. The number of hydrogen-bond donors (Lipinski definition) is 1. The maximum atomic E-state index is 13.9. The van der Waals surface area contributed by atoms with Crippen molar-refractivity contribution >= 4 is 11.7 Å². The highest BCUT2D eigenvalue weighted by molar-refractivity contribution is 5.95. The fourth-order valence-electron chi connectivity index (χ4n) is 3.49. The van der Waals surface area contributed by atoms with Gasteiger partial charge in [-0.15, -0.1) is 0 Å². The minimum atomic E-state index is -0.586.